The summed E-state index contributed by atoms with van der Waals surface area (Å²) < 4.78 is 0. The standard InChI is InChI=1S/C14H17ClN2/c1-10(2)9-17(13-4-5-13)14-6-3-12(15)7-11(14)8-16/h3,6-7,10,13H,4-5,9H2,1-2H3. The summed E-state index contributed by atoms with van der Waals surface area (Å²) in [5.74, 6) is 0.595. The normalized spacial score (nSPS) is 14.8. The fraction of sp³-hybridized carbons (Fsp3) is 0.500. The minimum atomic E-state index is 0.595. The van der Waals surface area contributed by atoms with Crippen LogP contribution in [-0.4, -0.2) is 12.6 Å². The number of nitrogens with zero attached hydrogens (tertiary/aromatic N) is 2. The zero-order valence-corrected chi connectivity index (χ0v) is 11.0. The summed E-state index contributed by atoms with van der Waals surface area (Å²) in [7, 11) is 0. The van der Waals surface area contributed by atoms with Crippen molar-refractivity contribution in [3.8, 4) is 6.07 Å². The molecule has 1 aliphatic carbocycles. The molecule has 1 aliphatic rings. The van der Waals surface area contributed by atoms with Gasteiger partial charge in [-0.15, -0.1) is 0 Å². The van der Waals surface area contributed by atoms with Crippen molar-refractivity contribution < 1.29 is 0 Å². The predicted molar refractivity (Wildman–Crippen MR) is 71.4 cm³/mol. The van der Waals surface area contributed by atoms with Crippen LogP contribution in [0.4, 0.5) is 5.69 Å². The number of rotatable bonds is 4. The summed E-state index contributed by atoms with van der Waals surface area (Å²) in [5.41, 5.74) is 1.72. The highest BCUT2D eigenvalue weighted by molar-refractivity contribution is 6.30. The van der Waals surface area contributed by atoms with Gasteiger partial charge in [0.25, 0.3) is 0 Å². The highest BCUT2D eigenvalue weighted by Crippen LogP contribution is 2.34. The molecule has 0 unspecified atom stereocenters. The first-order chi connectivity index (χ1) is 8.11. The fourth-order valence-corrected chi connectivity index (χ4v) is 2.24. The minimum absolute atomic E-state index is 0.595. The Hall–Kier alpha value is -1.20. The lowest BCUT2D eigenvalue weighted by Crippen LogP contribution is -2.30. The average molecular weight is 249 g/mol. The van der Waals surface area contributed by atoms with Crippen molar-refractivity contribution in [1.82, 2.24) is 0 Å². The molecule has 0 N–H and O–H groups in total. The topological polar surface area (TPSA) is 27.0 Å². The second-order valence-corrected chi connectivity index (χ2v) is 5.49. The van der Waals surface area contributed by atoms with E-state index in [1.807, 2.05) is 12.1 Å². The molecule has 1 saturated carbocycles. The summed E-state index contributed by atoms with van der Waals surface area (Å²) in [6.45, 7) is 5.41. The van der Waals surface area contributed by atoms with Gasteiger partial charge in [-0.3, -0.25) is 0 Å². The SMILES string of the molecule is CC(C)CN(c1ccc(Cl)cc1C#N)C1CC1. The van der Waals surface area contributed by atoms with E-state index in [-0.39, 0.29) is 0 Å². The second kappa shape index (κ2) is 4.98. The summed E-state index contributed by atoms with van der Waals surface area (Å²) in [5, 5.41) is 9.82. The Balaban J connectivity index is 2.32. The van der Waals surface area contributed by atoms with Gasteiger partial charge in [0.15, 0.2) is 0 Å². The van der Waals surface area contributed by atoms with Gasteiger partial charge in [0.2, 0.25) is 0 Å². The molecule has 2 nitrogen and oxygen atoms in total. The zero-order chi connectivity index (χ0) is 12.4. The Kier molecular flexibility index (Phi) is 3.59. The minimum Gasteiger partial charge on any atom is -0.367 e. The van der Waals surface area contributed by atoms with Crippen molar-refractivity contribution in [3.63, 3.8) is 0 Å². The highest BCUT2D eigenvalue weighted by Gasteiger charge is 2.30. The van der Waals surface area contributed by atoms with Crippen LogP contribution in [0.2, 0.25) is 5.02 Å². The number of nitriles is 1. The molecule has 0 aliphatic heterocycles. The smallest absolute Gasteiger partial charge is 0.101 e. The summed E-state index contributed by atoms with van der Waals surface area (Å²) in [4.78, 5) is 2.36. The zero-order valence-electron chi connectivity index (χ0n) is 10.3. The first kappa shape index (κ1) is 12.3. The monoisotopic (exact) mass is 248 g/mol. The molecular weight excluding hydrogens is 232 g/mol. The quantitative estimate of drug-likeness (QED) is 0.810. The van der Waals surface area contributed by atoms with Gasteiger partial charge < -0.3 is 4.90 Å². The lowest BCUT2D eigenvalue weighted by molar-refractivity contribution is 0.607. The van der Waals surface area contributed by atoms with E-state index in [2.05, 4.69) is 24.8 Å². The Bertz CT molecular complexity index is 444. The third-order valence-electron chi connectivity index (χ3n) is 2.94. The Morgan fingerprint density at radius 2 is 2.18 bits per heavy atom. The maximum atomic E-state index is 9.19. The van der Waals surface area contributed by atoms with Gasteiger partial charge in [-0.05, 0) is 37.0 Å². The van der Waals surface area contributed by atoms with E-state index in [0.29, 0.717) is 22.5 Å². The van der Waals surface area contributed by atoms with E-state index in [1.165, 1.54) is 12.8 Å². The molecule has 1 aromatic carbocycles. The largest absolute Gasteiger partial charge is 0.367 e. The third kappa shape index (κ3) is 2.92. The van der Waals surface area contributed by atoms with Crippen LogP contribution in [0.25, 0.3) is 0 Å². The van der Waals surface area contributed by atoms with E-state index < -0.39 is 0 Å². The fourth-order valence-electron chi connectivity index (χ4n) is 2.07. The molecular formula is C14H17ClN2. The highest BCUT2D eigenvalue weighted by atomic mass is 35.5. The molecule has 3 heteroatoms. The summed E-state index contributed by atoms with van der Waals surface area (Å²) in [6, 6.07) is 8.46. The van der Waals surface area contributed by atoms with Crippen LogP contribution in [0.15, 0.2) is 18.2 Å². The lowest BCUT2D eigenvalue weighted by atomic mass is 10.1. The lowest BCUT2D eigenvalue weighted by Gasteiger charge is -2.27. The maximum absolute atomic E-state index is 9.19. The van der Waals surface area contributed by atoms with Crippen LogP contribution in [-0.2, 0) is 0 Å². The second-order valence-electron chi connectivity index (χ2n) is 5.05. The summed E-state index contributed by atoms with van der Waals surface area (Å²) >= 11 is 5.93. The predicted octanol–water partition coefficient (Wildman–Crippen LogP) is 3.84. The van der Waals surface area contributed by atoms with Gasteiger partial charge in [0.1, 0.15) is 6.07 Å². The van der Waals surface area contributed by atoms with E-state index in [9.17, 15) is 5.26 Å². The molecule has 2 rings (SSSR count). The van der Waals surface area contributed by atoms with Gasteiger partial charge >= 0.3 is 0 Å². The molecule has 0 aromatic heterocycles. The van der Waals surface area contributed by atoms with Gasteiger partial charge in [-0.1, -0.05) is 25.4 Å². The van der Waals surface area contributed by atoms with E-state index in [0.717, 1.165) is 12.2 Å². The number of hydrogen-bond acceptors (Lipinski definition) is 2. The van der Waals surface area contributed by atoms with Crippen LogP contribution in [0.1, 0.15) is 32.3 Å². The van der Waals surface area contributed by atoms with Gasteiger partial charge in [0.05, 0.1) is 11.3 Å². The Morgan fingerprint density at radius 3 is 2.71 bits per heavy atom. The van der Waals surface area contributed by atoms with Gasteiger partial charge in [0, 0.05) is 17.6 Å². The van der Waals surface area contributed by atoms with Crippen LogP contribution in [0.3, 0.4) is 0 Å². The van der Waals surface area contributed by atoms with E-state index >= 15 is 0 Å². The molecule has 0 radical (unpaired) electrons. The molecule has 90 valence electrons. The summed E-state index contributed by atoms with van der Waals surface area (Å²) in [6.07, 6.45) is 2.47. The Labute approximate surface area is 108 Å². The number of halogens is 1. The molecule has 0 amide bonds. The van der Waals surface area contributed by atoms with Crippen molar-refractivity contribution in [2.75, 3.05) is 11.4 Å². The molecule has 0 spiro atoms. The van der Waals surface area contributed by atoms with E-state index in [1.54, 1.807) is 6.07 Å². The van der Waals surface area contributed by atoms with Crippen LogP contribution in [0, 0.1) is 17.2 Å². The molecule has 0 heterocycles. The average Bonchev–Trinajstić information content (AvgIpc) is 3.09. The first-order valence-electron chi connectivity index (χ1n) is 6.08. The third-order valence-corrected chi connectivity index (χ3v) is 3.17. The maximum Gasteiger partial charge on any atom is 0.101 e. The first-order valence-corrected chi connectivity index (χ1v) is 6.46. The number of anilines is 1. The van der Waals surface area contributed by atoms with Gasteiger partial charge in [-0.25, -0.2) is 0 Å². The van der Waals surface area contributed by atoms with Crippen LogP contribution in [0.5, 0.6) is 0 Å². The van der Waals surface area contributed by atoms with Crippen molar-refractivity contribution >= 4 is 17.3 Å². The van der Waals surface area contributed by atoms with Crippen LogP contribution < -0.4 is 4.90 Å². The van der Waals surface area contributed by atoms with E-state index in [4.69, 9.17) is 11.6 Å². The molecule has 1 aromatic rings. The molecule has 0 atom stereocenters. The molecule has 1 fully saturated rings. The van der Waals surface area contributed by atoms with Crippen molar-refractivity contribution in [3.05, 3.63) is 28.8 Å². The van der Waals surface area contributed by atoms with Crippen molar-refractivity contribution in [1.29, 1.82) is 5.26 Å². The van der Waals surface area contributed by atoms with Gasteiger partial charge in [-0.2, -0.15) is 5.26 Å². The van der Waals surface area contributed by atoms with Crippen LogP contribution >= 0.6 is 11.6 Å². The Morgan fingerprint density at radius 1 is 1.47 bits per heavy atom. The molecule has 0 bridgehead atoms. The molecule has 0 saturated heterocycles. The number of hydrogen-bond donors (Lipinski definition) is 0. The van der Waals surface area contributed by atoms with Crippen molar-refractivity contribution in [2.45, 2.75) is 32.7 Å². The van der Waals surface area contributed by atoms with Crippen molar-refractivity contribution in [2.24, 2.45) is 5.92 Å². The number of benzene rings is 1. The molecule has 17 heavy (non-hydrogen) atoms.